The van der Waals surface area contributed by atoms with E-state index in [0.29, 0.717) is 17.1 Å². The number of amides is 2. The summed E-state index contributed by atoms with van der Waals surface area (Å²) in [5.74, 6) is -0.174. The highest BCUT2D eigenvalue weighted by Gasteiger charge is 2.31. The zero-order chi connectivity index (χ0) is 19.5. The molecule has 4 heterocycles. The second-order valence-corrected chi connectivity index (χ2v) is 8.50. The van der Waals surface area contributed by atoms with E-state index >= 15 is 0 Å². The van der Waals surface area contributed by atoms with Gasteiger partial charge in [-0.3, -0.25) is 19.9 Å². The third-order valence-electron chi connectivity index (χ3n) is 4.61. The van der Waals surface area contributed by atoms with Crippen LogP contribution in [0.4, 0.5) is 5.13 Å². The molecule has 28 heavy (non-hydrogen) atoms. The Hall–Kier alpha value is -2.65. The third kappa shape index (κ3) is 4.10. The summed E-state index contributed by atoms with van der Waals surface area (Å²) in [6.45, 7) is 2.66. The molecule has 0 aliphatic carbocycles. The molecule has 4 rings (SSSR count). The van der Waals surface area contributed by atoms with E-state index in [4.69, 9.17) is 0 Å². The third-order valence-corrected chi connectivity index (χ3v) is 6.13. The van der Waals surface area contributed by atoms with Crippen LogP contribution in [0.1, 0.15) is 45.6 Å². The van der Waals surface area contributed by atoms with Crippen molar-refractivity contribution in [1.29, 1.82) is 0 Å². The number of anilines is 1. The standard InChI is InChI=1S/C19H19N5O2S2/c1-12-22-14(11-28-12)9-17(25)24-7-2-3-16(24)15-5-4-13(10-21-15)18(26)23-19-20-6-8-27-19/h4-6,8,10-11,16H,2-3,7,9H2,1H3,(H,20,23,26). The van der Waals surface area contributed by atoms with Crippen LogP contribution in [0.15, 0.2) is 35.3 Å². The van der Waals surface area contributed by atoms with Gasteiger partial charge in [-0.05, 0) is 31.9 Å². The van der Waals surface area contributed by atoms with Crippen molar-refractivity contribution in [2.24, 2.45) is 0 Å². The molecule has 3 aromatic heterocycles. The number of carbonyl (C=O) groups excluding carboxylic acids is 2. The molecule has 1 saturated heterocycles. The first-order valence-electron chi connectivity index (χ1n) is 8.97. The molecule has 1 N–H and O–H groups in total. The fraction of sp³-hybridized carbons (Fsp3) is 0.316. The maximum atomic E-state index is 12.8. The van der Waals surface area contributed by atoms with Gasteiger partial charge in [0.15, 0.2) is 5.13 Å². The van der Waals surface area contributed by atoms with Gasteiger partial charge in [-0.2, -0.15) is 0 Å². The van der Waals surface area contributed by atoms with Crippen molar-refractivity contribution in [3.63, 3.8) is 0 Å². The number of pyridine rings is 1. The molecule has 144 valence electrons. The Labute approximate surface area is 170 Å². The highest BCUT2D eigenvalue weighted by molar-refractivity contribution is 7.13. The summed E-state index contributed by atoms with van der Waals surface area (Å²) < 4.78 is 0. The van der Waals surface area contributed by atoms with Gasteiger partial charge in [-0.15, -0.1) is 22.7 Å². The van der Waals surface area contributed by atoms with Gasteiger partial charge in [0.1, 0.15) is 0 Å². The van der Waals surface area contributed by atoms with E-state index in [1.807, 2.05) is 23.3 Å². The van der Waals surface area contributed by atoms with Crippen LogP contribution in [0.25, 0.3) is 0 Å². The van der Waals surface area contributed by atoms with Crippen molar-refractivity contribution in [3.8, 4) is 0 Å². The molecule has 9 heteroatoms. The number of rotatable bonds is 5. The molecule has 1 aliphatic rings. The first-order chi connectivity index (χ1) is 13.6. The van der Waals surface area contributed by atoms with E-state index in [9.17, 15) is 9.59 Å². The summed E-state index contributed by atoms with van der Waals surface area (Å²) in [5, 5.41) is 8.00. The number of nitrogens with one attached hydrogen (secondary N) is 1. The van der Waals surface area contributed by atoms with Crippen molar-refractivity contribution in [1.82, 2.24) is 19.9 Å². The number of aryl methyl sites for hydroxylation is 1. The van der Waals surface area contributed by atoms with E-state index in [2.05, 4.69) is 20.3 Å². The first kappa shape index (κ1) is 18.7. The second-order valence-electron chi connectivity index (χ2n) is 6.54. The van der Waals surface area contributed by atoms with E-state index in [1.165, 1.54) is 11.3 Å². The number of aromatic nitrogens is 3. The molecule has 2 amide bonds. The van der Waals surface area contributed by atoms with Crippen molar-refractivity contribution in [3.05, 3.63) is 57.2 Å². The van der Waals surface area contributed by atoms with Crippen molar-refractivity contribution < 1.29 is 9.59 Å². The second kappa shape index (κ2) is 8.15. The highest BCUT2D eigenvalue weighted by Crippen LogP contribution is 2.31. The Bertz CT molecular complexity index is 969. The van der Waals surface area contributed by atoms with Gasteiger partial charge >= 0.3 is 0 Å². The van der Waals surface area contributed by atoms with Gasteiger partial charge in [-0.25, -0.2) is 9.97 Å². The number of thiazole rings is 2. The average Bonchev–Trinajstić information content (AvgIpc) is 3.44. The Morgan fingerprint density at radius 3 is 2.86 bits per heavy atom. The lowest BCUT2D eigenvalue weighted by atomic mass is 10.1. The number of carbonyl (C=O) groups is 2. The molecule has 0 bridgehead atoms. The normalized spacial score (nSPS) is 16.3. The Morgan fingerprint density at radius 1 is 1.29 bits per heavy atom. The zero-order valence-corrected chi connectivity index (χ0v) is 16.9. The lowest BCUT2D eigenvalue weighted by molar-refractivity contribution is -0.131. The van der Waals surface area contributed by atoms with Crippen LogP contribution in [0, 0.1) is 6.92 Å². The molecule has 1 unspecified atom stereocenters. The van der Waals surface area contributed by atoms with Crippen LogP contribution < -0.4 is 5.32 Å². The molecule has 3 aromatic rings. The predicted octanol–water partition coefficient (Wildman–Crippen LogP) is 3.46. The van der Waals surface area contributed by atoms with Crippen LogP contribution in [0.5, 0.6) is 0 Å². The quantitative estimate of drug-likeness (QED) is 0.692. The van der Waals surface area contributed by atoms with Crippen LogP contribution >= 0.6 is 22.7 Å². The van der Waals surface area contributed by atoms with Crippen molar-refractivity contribution in [2.75, 3.05) is 11.9 Å². The predicted molar refractivity (Wildman–Crippen MR) is 109 cm³/mol. The maximum Gasteiger partial charge on any atom is 0.259 e. The number of likely N-dealkylation sites (tertiary alicyclic amines) is 1. The minimum atomic E-state index is -0.243. The SMILES string of the molecule is Cc1nc(CC(=O)N2CCCC2c2ccc(C(=O)Nc3nccs3)cn2)cs1. The van der Waals surface area contributed by atoms with Crippen molar-refractivity contribution >= 4 is 39.6 Å². The van der Waals surface area contributed by atoms with E-state index in [0.717, 1.165) is 35.8 Å². The number of hydrogen-bond donors (Lipinski definition) is 1. The molecular formula is C19H19N5O2S2. The van der Waals surface area contributed by atoms with E-state index in [-0.39, 0.29) is 17.9 Å². The van der Waals surface area contributed by atoms with Gasteiger partial charge in [-0.1, -0.05) is 0 Å². The summed E-state index contributed by atoms with van der Waals surface area (Å²) in [6.07, 6.45) is 5.33. The number of hydrogen-bond acceptors (Lipinski definition) is 7. The molecule has 1 atom stereocenters. The zero-order valence-electron chi connectivity index (χ0n) is 15.3. The highest BCUT2D eigenvalue weighted by atomic mass is 32.1. The average molecular weight is 414 g/mol. The Kier molecular flexibility index (Phi) is 5.45. The molecule has 1 fully saturated rings. The molecule has 1 aliphatic heterocycles. The summed E-state index contributed by atoms with van der Waals surface area (Å²) in [5.41, 5.74) is 2.10. The lowest BCUT2D eigenvalue weighted by Crippen LogP contribution is -2.32. The summed E-state index contributed by atoms with van der Waals surface area (Å²) in [7, 11) is 0. The molecular weight excluding hydrogens is 394 g/mol. The summed E-state index contributed by atoms with van der Waals surface area (Å²) >= 11 is 2.92. The topological polar surface area (TPSA) is 88.1 Å². The monoisotopic (exact) mass is 413 g/mol. The maximum absolute atomic E-state index is 12.8. The first-order valence-corrected chi connectivity index (χ1v) is 10.7. The van der Waals surface area contributed by atoms with Gasteiger partial charge in [0.05, 0.1) is 34.4 Å². The number of nitrogens with zero attached hydrogens (tertiary/aromatic N) is 4. The van der Waals surface area contributed by atoms with Gasteiger partial charge in [0.2, 0.25) is 5.91 Å². The molecule has 0 saturated carbocycles. The van der Waals surface area contributed by atoms with Crippen LogP contribution in [0.3, 0.4) is 0 Å². The fourth-order valence-corrected chi connectivity index (χ4v) is 4.45. The largest absolute Gasteiger partial charge is 0.334 e. The van der Waals surface area contributed by atoms with Gasteiger partial charge in [0, 0.05) is 29.7 Å². The van der Waals surface area contributed by atoms with Gasteiger partial charge < -0.3 is 4.90 Å². The lowest BCUT2D eigenvalue weighted by Gasteiger charge is -2.24. The minimum absolute atomic E-state index is 0.0525. The van der Waals surface area contributed by atoms with Gasteiger partial charge in [0.25, 0.3) is 5.91 Å². The summed E-state index contributed by atoms with van der Waals surface area (Å²) in [6, 6.07) is 3.53. The van der Waals surface area contributed by atoms with Crippen LogP contribution in [-0.4, -0.2) is 38.2 Å². The Morgan fingerprint density at radius 2 is 2.18 bits per heavy atom. The molecule has 0 radical (unpaired) electrons. The molecule has 0 spiro atoms. The van der Waals surface area contributed by atoms with Crippen LogP contribution in [0.2, 0.25) is 0 Å². The van der Waals surface area contributed by atoms with E-state index < -0.39 is 0 Å². The molecule has 7 nitrogen and oxygen atoms in total. The van der Waals surface area contributed by atoms with E-state index in [1.54, 1.807) is 35.2 Å². The van der Waals surface area contributed by atoms with Crippen molar-refractivity contribution in [2.45, 2.75) is 32.2 Å². The smallest absolute Gasteiger partial charge is 0.259 e. The molecule has 0 aromatic carbocycles. The fourth-order valence-electron chi connectivity index (χ4n) is 3.31. The minimum Gasteiger partial charge on any atom is -0.334 e. The van der Waals surface area contributed by atoms with Crippen LogP contribution in [-0.2, 0) is 11.2 Å². The summed E-state index contributed by atoms with van der Waals surface area (Å²) in [4.78, 5) is 39.8. The Balaban J connectivity index is 1.43.